The topological polar surface area (TPSA) is 78.9 Å². The minimum Gasteiger partial charge on any atom is -0.462 e. The first-order chi connectivity index (χ1) is 41.0. The van der Waals surface area contributed by atoms with Gasteiger partial charge in [0, 0.05) is 19.3 Å². The summed E-state index contributed by atoms with van der Waals surface area (Å²) in [7, 11) is 0. The van der Waals surface area contributed by atoms with Crippen LogP contribution in [0, 0.1) is 0 Å². The van der Waals surface area contributed by atoms with Crippen LogP contribution in [0.1, 0.15) is 316 Å². The van der Waals surface area contributed by atoms with E-state index in [1.54, 1.807) is 0 Å². The molecule has 472 valence electrons. The van der Waals surface area contributed by atoms with E-state index in [-0.39, 0.29) is 31.1 Å². The predicted octanol–water partition coefficient (Wildman–Crippen LogP) is 24.1. The van der Waals surface area contributed by atoms with E-state index < -0.39 is 6.10 Å². The quantitative estimate of drug-likeness (QED) is 0.0261. The van der Waals surface area contributed by atoms with Gasteiger partial charge in [0.25, 0.3) is 0 Å². The summed E-state index contributed by atoms with van der Waals surface area (Å²) in [6, 6.07) is 0. The maximum atomic E-state index is 12.9. The zero-order chi connectivity index (χ0) is 59.9. The van der Waals surface area contributed by atoms with Crippen LogP contribution in [-0.2, 0) is 28.6 Å². The molecule has 0 aliphatic heterocycles. The number of esters is 3. The van der Waals surface area contributed by atoms with Crippen molar-refractivity contribution in [2.45, 2.75) is 322 Å². The SMILES string of the molecule is CC/C=C\C/C=C\C/C=C\C/C=C\C/C=C\CCCCCCCC(=O)OC(COC(=O)CCCCCCC/C=C\C/C=C\CCCCC)COC(=O)CCCCCCCCCCCCCCCCCC/C=C\C/C=C\C/C=C\C/C=C\CC. The lowest BCUT2D eigenvalue weighted by Crippen LogP contribution is -2.30. The van der Waals surface area contributed by atoms with Gasteiger partial charge < -0.3 is 14.2 Å². The molecule has 0 aliphatic carbocycles. The van der Waals surface area contributed by atoms with E-state index in [1.165, 1.54) is 116 Å². The molecule has 83 heavy (non-hydrogen) atoms. The maximum Gasteiger partial charge on any atom is 0.306 e. The molecule has 6 nitrogen and oxygen atoms in total. The first-order valence-electron chi connectivity index (χ1n) is 34.7. The molecule has 0 aromatic carbocycles. The number of unbranched alkanes of at least 4 members (excludes halogenated alkanes) is 29. The van der Waals surface area contributed by atoms with Crippen molar-refractivity contribution in [3.63, 3.8) is 0 Å². The van der Waals surface area contributed by atoms with Crippen LogP contribution in [0.25, 0.3) is 0 Å². The number of allylic oxidation sites excluding steroid dienone is 22. The molecule has 0 heterocycles. The summed E-state index contributed by atoms with van der Waals surface area (Å²) in [4.78, 5) is 38.4. The van der Waals surface area contributed by atoms with Crippen molar-refractivity contribution >= 4 is 17.9 Å². The van der Waals surface area contributed by atoms with Gasteiger partial charge in [-0.05, 0) is 135 Å². The molecule has 6 heteroatoms. The van der Waals surface area contributed by atoms with E-state index in [0.29, 0.717) is 19.3 Å². The van der Waals surface area contributed by atoms with Crippen molar-refractivity contribution < 1.29 is 28.6 Å². The Hall–Kier alpha value is -4.45. The normalized spacial score (nSPS) is 13.0. The number of hydrogen-bond acceptors (Lipinski definition) is 6. The number of rotatable bonds is 62. The smallest absolute Gasteiger partial charge is 0.306 e. The monoisotopic (exact) mass is 1150 g/mol. The number of ether oxygens (including phenoxy) is 3. The second-order valence-corrected chi connectivity index (χ2v) is 22.7. The van der Waals surface area contributed by atoms with E-state index in [0.717, 1.165) is 161 Å². The van der Waals surface area contributed by atoms with Gasteiger partial charge in [-0.1, -0.05) is 296 Å². The summed E-state index contributed by atoms with van der Waals surface area (Å²) in [6.07, 6.45) is 99.0. The summed E-state index contributed by atoms with van der Waals surface area (Å²) < 4.78 is 17.0. The van der Waals surface area contributed by atoms with Crippen LogP contribution in [-0.4, -0.2) is 37.2 Å². The zero-order valence-corrected chi connectivity index (χ0v) is 54.2. The first-order valence-corrected chi connectivity index (χ1v) is 34.7. The molecule has 0 bridgehead atoms. The minimum atomic E-state index is -0.800. The van der Waals surface area contributed by atoms with Crippen LogP contribution in [0.2, 0.25) is 0 Å². The Balaban J connectivity index is 4.34. The number of carbonyl (C=O) groups excluding carboxylic acids is 3. The van der Waals surface area contributed by atoms with Crippen molar-refractivity contribution in [3.8, 4) is 0 Å². The first kappa shape index (κ1) is 78.5. The molecule has 0 rings (SSSR count). The minimum absolute atomic E-state index is 0.0922. The van der Waals surface area contributed by atoms with Gasteiger partial charge in [0.1, 0.15) is 13.2 Å². The molecule has 0 amide bonds. The van der Waals surface area contributed by atoms with E-state index >= 15 is 0 Å². The second-order valence-electron chi connectivity index (χ2n) is 22.7. The van der Waals surface area contributed by atoms with Gasteiger partial charge in [-0.15, -0.1) is 0 Å². The summed E-state index contributed by atoms with van der Waals surface area (Å²) in [6.45, 7) is 6.38. The van der Waals surface area contributed by atoms with Crippen molar-refractivity contribution in [1.29, 1.82) is 0 Å². The molecule has 0 aromatic heterocycles. The summed E-state index contributed by atoms with van der Waals surface area (Å²) in [5.41, 5.74) is 0. The van der Waals surface area contributed by atoms with Gasteiger partial charge in [0.2, 0.25) is 0 Å². The third-order valence-corrected chi connectivity index (χ3v) is 14.6. The molecule has 0 radical (unpaired) electrons. The highest BCUT2D eigenvalue weighted by Gasteiger charge is 2.19. The Bertz CT molecular complexity index is 1750. The van der Waals surface area contributed by atoms with Gasteiger partial charge >= 0.3 is 17.9 Å². The fraction of sp³-hybridized carbons (Fsp3) is 0.675. The lowest BCUT2D eigenvalue weighted by Gasteiger charge is -2.18. The average Bonchev–Trinajstić information content (AvgIpc) is 3.49. The van der Waals surface area contributed by atoms with E-state index in [9.17, 15) is 14.4 Å². The summed E-state index contributed by atoms with van der Waals surface area (Å²) in [5.74, 6) is -0.917. The Morgan fingerprint density at radius 1 is 0.253 bits per heavy atom. The Labute approximate surface area is 513 Å². The van der Waals surface area contributed by atoms with Crippen LogP contribution in [0.15, 0.2) is 134 Å². The lowest BCUT2D eigenvalue weighted by molar-refractivity contribution is -0.167. The van der Waals surface area contributed by atoms with E-state index in [1.807, 2.05) is 0 Å². The fourth-order valence-corrected chi connectivity index (χ4v) is 9.49. The number of hydrogen-bond donors (Lipinski definition) is 0. The Kier molecular flexibility index (Phi) is 66.3. The largest absolute Gasteiger partial charge is 0.462 e. The molecule has 0 saturated carbocycles. The third-order valence-electron chi connectivity index (χ3n) is 14.6. The molecule has 0 aliphatic rings. The number of carbonyl (C=O) groups is 3. The van der Waals surface area contributed by atoms with E-state index in [4.69, 9.17) is 14.2 Å². The van der Waals surface area contributed by atoms with Crippen LogP contribution >= 0.6 is 0 Å². The highest BCUT2D eigenvalue weighted by Crippen LogP contribution is 2.16. The van der Waals surface area contributed by atoms with Crippen molar-refractivity contribution in [2.75, 3.05) is 13.2 Å². The fourth-order valence-electron chi connectivity index (χ4n) is 9.49. The highest BCUT2D eigenvalue weighted by molar-refractivity contribution is 5.71. The highest BCUT2D eigenvalue weighted by atomic mass is 16.6. The molecule has 1 unspecified atom stereocenters. The zero-order valence-electron chi connectivity index (χ0n) is 54.2. The van der Waals surface area contributed by atoms with E-state index in [2.05, 4.69) is 154 Å². The standard InChI is InChI=1S/C77H128O6/c1-4-7-10-13-16-19-22-25-28-30-32-34-35-36-37-38-39-40-41-43-44-46-49-52-55-58-61-64-67-70-76(79)82-73-74(72-81-75(78)69-66-63-60-57-54-51-48-27-24-21-18-15-12-9-6-3)83-77(80)71-68-65-62-59-56-53-50-47-45-42-33-31-29-26-23-20-17-14-11-8-5-2/h7-8,10-11,16-21,25-29,32-34,42,47-48,50,74H,4-6,9,12-15,22-24,30-31,35-41,43-46,49,51-73H2,1-3H3/b10-7-,11-8-,19-16-,20-17-,21-18-,28-25-,29-26-,34-32-,42-33-,48-27-,50-47-. The van der Waals surface area contributed by atoms with Gasteiger partial charge in [-0.3, -0.25) is 14.4 Å². The molecule has 0 aromatic rings. The molecule has 0 spiro atoms. The molecular formula is C77H128O6. The van der Waals surface area contributed by atoms with Crippen molar-refractivity contribution in [1.82, 2.24) is 0 Å². The Morgan fingerprint density at radius 2 is 0.470 bits per heavy atom. The molecular weight excluding hydrogens is 1020 g/mol. The predicted molar refractivity (Wildman–Crippen MR) is 362 cm³/mol. The molecule has 0 saturated heterocycles. The molecule has 0 fully saturated rings. The van der Waals surface area contributed by atoms with Crippen LogP contribution in [0.3, 0.4) is 0 Å². The van der Waals surface area contributed by atoms with Crippen molar-refractivity contribution in [2.24, 2.45) is 0 Å². The summed E-state index contributed by atoms with van der Waals surface area (Å²) in [5, 5.41) is 0. The summed E-state index contributed by atoms with van der Waals surface area (Å²) >= 11 is 0. The van der Waals surface area contributed by atoms with Gasteiger partial charge in [0.15, 0.2) is 6.10 Å². The third kappa shape index (κ3) is 68.2. The van der Waals surface area contributed by atoms with Crippen LogP contribution in [0.5, 0.6) is 0 Å². The lowest BCUT2D eigenvalue weighted by atomic mass is 10.0. The van der Waals surface area contributed by atoms with Crippen LogP contribution in [0.4, 0.5) is 0 Å². The molecule has 1 atom stereocenters. The van der Waals surface area contributed by atoms with Crippen molar-refractivity contribution in [3.05, 3.63) is 134 Å². The second kappa shape index (κ2) is 70.0. The van der Waals surface area contributed by atoms with Crippen LogP contribution < -0.4 is 0 Å². The van der Waals surface area contributed by atoms with Gasteiger partial charge in [0.05, 0.1) is 0 Å². The maximum absolute atomic E-state index is 12.9. The average molecular weight is 1150 g/mol. The van der Waals surface area contributed by atoms with Gasteiger partial charge in [-0.25, -0.2) is 0 Å². The Morgan fingerprint density at radius 3 is 0.735 bits per heavy atom. The molecule has 0 N–H and O–H groups in total. The van der Waals surface area contributed by atoms with Gasteiger partial charge in [-0.2, -0.15) is 0 Å².